The topological polar surface area (TPSA) is 74.3 Å². The van der Waals surface area contributed by atoms with E-state index >= 15 is 0 Å². The number of carbonyl (C=O) groups excluding carboxylic acids is 2. The highest BCUT2D eigenvalue weighted by atomic mass is 35.5. The summed E-state index contributed by atoms with van der Waals surface area (Å²) in [4.78, 5) is 27.2. The van der Waals surface area contributed by atoms with Crippen LogP contribution in [0.15, 0.2) is 66.0 Å². The van der Waals surface area contributed by atoms with Crippen LogP contribution in [0, 0.1) is 0 Å². The van der Waals surface area contributed by atoms with Crippen molar-refractivity contribution in [1.82, 2.24) is 0 Å². The molecule has 0 saturated heterocycles. The molecule has 0 radical (unpaired) electrons. The van der Waals surface area contributed by atoms with Crippen molar-refractivity contribution < 1.29 is 28.5 Å². The number of nitrogens with zero attached hydrogens (tertiary/aromatic N) is 1. The molecule has 7 nitrogen and oxygen atoms in total. The number of rotatable bonds is 7. The average molecular weight is 458 g/mol. The van der Waals surface area contributed by atoms with Crippen LogP contribution >= 0.6 is 11.6 Å². The molecule has 8 heteroatoms. The van der Waals surface area contributed by atoms with E-state index in [1.54, 1.807) is 35.5 Å². The van der Waals surface area contributed by atoms with Gasteiger partial charge < -0.3 is 23.8 Å². The van der Waals surface area contributed by atoms with Gasteiger partial charge in [0.25, 0.3) is 0 Å². The molecule has 0 saturated carbocycles. The molecule has 0 bridgehead atoms. The first kappa shape index (κ1) is 23.2. The van der Waals surface area contributed by atoms with E-state index in [9.17, 15) is 9.59 Å². The quantitative estimate of drug-likeness (QED) is 0.568. The van der Waals surface area contributed by atoms with Gasteiger partial charge >= 0.3 is 11.9 Å². The Balaban J connectivity index is 2.12. The van der Waals surface area contributed by atoms with E-state index in [0.29, 0.717) is 28.7 Å². The molecule has 0 atom stereocenters. The lowest BCUT2D eigenvalue weighted by Gasteiger charge is -2.30. The second-order valence-electron chi connectivity index (χ2n) is 6.81. The third-order valence-electron chi connectivity index (χ3n) is 4.98. The predicted molar refractivity (Wildman–Crippen MR) is 121 cm³/mol. The first-order valence-electron chi connectivity index (χ1n) is 9.88. The minimum Gasteiger partial charge on any atom is -0.495 e. The van der Waals surface area contributed by atoms with Crippen molar-refractivity contribution in [3.05, 3.63) is 76.6 Å². The molecule has 2 aromatic rings. The molecule has 0 aliphatic carbocycles. The maximum absolute atomic E-state index is 12.8. The van der Waals surface area contributed by atoms with Crippen LogP contribution in [0.3, 0.4) is 0 Å². The van der Waals surface area contributed by atoms with Gasteiger partial charge in [0.2, 0.25) is 0 Å². The predicted octanol–water partition coefficient (Wildman–Crippen LogP) is 4.46. The molecule has 0 N–H and O–H groups in total. The Bertz CT molecular complexity index is 1030. The summed E-state index contributed by atoms with van der Waals surface area (Å²) in [6, 6.07) is 12.4. The van der Waals surface area contributed by atoms with Crippen LogP contribution in [0.5, 0.6) is 11.5 Å². The Hall–Kier alpha value is -3.45. The van der Waals surface area contributed by atoms with Gasteiger partial charge in [-0.3, -0.25) is 0 Å². The zero-order chi connectivity index (χ0) is 23.3. The monoisotopic (exact) mass is 457 g/mol. The van der Waals surface area contributed by atoms with E-state index in [1.807, 2.05) is 31.2 Å². The van der Waals surface area contributed by atoms with E-state index in [1.165, 1.54) is 21.3 Å². The van der Waals surface area contributed by atoms with E-state index in [-0.39, 0.29) is 11.1 Å². The van der Waals surface area contributed by atoms with Gasteiger partial charge in [-0.15, -0.1) is 0 Å². The van der Waals surface area contributed by atoms with Crippen LogP contribution in [-0.2, 0) is 19.1 Å². The van der Waals surface area contributed by atoms with Crippen molar-refractivity contribution in [3.63, 3.8) is 0 Å². The molecule has 0 fully saturated rings. The van der Waals surface area contributed by atoms with Crippen molar-refractivity contribution in [2.24, 2.45) is 0 Å². The fraction of sp³-hybridized carbons (Fsp3) is 0.250. The maximum atomic E-state index is 12.8. The second kappa shape index (κ2) is 10.2. The molecular formula is C24H24ClNO6. The van der Waals surface area contributed by atoms with Gasteiger partial charge in [-0.05, 0) is 48.9 Å². The second-order valence-corrected chi connectivity index (χ2v) is 7.22. The minimum atomic E-state index is -0.739. The van der Waals surface area contributed by atoms with Gasteiger partial charge in [-0.1, -0.05) is 17.7 Å². The molecule has 0 spiro atoms. The highest BCUT2D eigenvalue weighted by molar-refractivity contribution is 6.32. The highest BCUT2D eigenvalue weighted by Gasteiger charge is 2.35. The van der Waals surface area contributed by atoms with Gasteiger partial charge in [0.05, 0.1) is 50.0 Å². The summed E-state index contributed by atoms with van der Waals surface area (Å²) in [5.41, 5.74) is 1.86. The molecule has 1 aliphatic heterocycles. The number of carbonyl (C=O) groups is 2. The van der Waals surface area contributed by atoms with E-state index in [0.717, 1.165) is 5.69 Å². The van der Waals surface area contributed by atoms with Crippen molar-refractivity contribution >= 4 is 29.2 Å². The SMILES string of the molecule is CCOc1ccc(N2C=C(C(=O)OC)C(c3ccc(OC)c(Cl)c3)C(C(=O)OC)=C2)cc1. The number of anilines is 1. The van der Waals surface area contributed by atoms with Crippen LogP contribution in [0.1, 0.15) is 18.4 Å². The number of benzene rings is 2. The average Bonchev–Trinajstić information content (AvgIpc) is 2.82. The van der Waals surface area contributed by atoms with Crippen molar-refractivity contribution in [3.8, 4) is 11.5 Å². The number of hydrogen-bond donors (Lipinski definition) is 0. The summed E-state index contributed by atoms with van der Waals surface area (Å²) < 4.78 is 20.7. The van der Waals surface area contributed by atoms with Gasteiger partial charge in [-0.2, -0.15) is 0 Å². The van der Waals surface area contributed by atoms with Crippen molar-refractivity contribution in [2.75, 3.05) is 32.8 Å². The van der Waals surface area contributed by atoms with Crippen LogP contribution < -0.4 is 14.4 Å². The van der Waals surface area contributed by atoms with E-state index in [4.69, 9.17) is 30.5 Å². The van der Waals surface area contributed by atoms with Crippen molar-refractivity contribution in [2.45, 2.75) is 12.8 Å². The minimum absolute atomic E-state index is 0.255. The normalized spacial score (nSPS) is 13.7. The lowest BCUT2D eigenvalue weighted by Crippen LogP contribution is -2.28. The van der Waals surface area contributed by atoms with Crippen LogP contribution in [-0.4, -0.2) is 39.9 Å². The van der Waals surface area contributed by atoms with Gasteiger partial charge in [-0.25, -0.2) is 9.59 Å². The van der Waals surface area contributed by atoms with Crippen LogP contribution in [0.4, 0.5) is 5.69 Å². The van der Waals surface area contributed by atoms with Gasteiger partial charge in [0, 0.05) is 18.1 Å². The summed E-state index contributed by atoms with van der Waals surface area (Å²) in [5, 5.41) is 0.354. The number of ether oxygens (including phenoxy) is 4. The summed E-state index contributed by atoms with van der Waals surface area (Å²) >= 11 is 6.32. The molecule has 0 aromatic heterocycles. The fourth-order valence-electron chi connectivity index (χ4n) is 3.48. The molecule has 168 valence electrons. The Labute approximate surface area is 191 Å². The highest BCUT2D eigenvalue weighted by Crippen LogP contribution is 2.40. The summed E-state index contributed by atoms with van der Waals surface area (Å²) in [5.74, 6) is -0.695. The molecule has 3 rings (SSSR count). The fourth-order valence-corrected chi connectivity index (χ4v) is 3.75. The number of hydrogen-bond acceptors (Lipinski definition) is 7. The lowest BCUT2D eigenvalue weighted by molar-refractivity contribution is -0.137. The number of methoxy groups -OCH3 is 3. The number of halogens is 1. The zero-order valence-electron chi connectivity index (χ0n) is 18.3. The van der Waals surface area contributed by atoms with Crippen LogP contribution in [0.25, 0.3) is 0 Å². The standard InChI is InChI=1S/C24H24ClNO6/c1-5-32-17-9-7-16(8-10-17)26-13-18(23(27)30-3)22(19(14-26)24(28)31-4)15-6-11-21(29-2)20(25)12-15/h6-14,22H,5H2,1-4H3. The van der Waals surface area contributed by atoms with E-state index < -0.39 is 17.9 Å². The molecule has 0 unspecified atom stereocenters. The smallest absolute Gasteiger partial charge is 0.336 e. The Kier molecular flexibility index (Phi) is 7.43. The zero-order valence-corrected chi connectivity index (χ0v) is 19.0. The molecule has 1 aliphatic rings. The maximum Gasteiger partial charge on any atom is 0.336 e. The molecule has 1 heterocycles. The molecule has 32 heavy (non-hydrogen) atoms. The first-order valence-corrected chi connectivity index (χ1v) is 10.3. The lowest BCUT2D eigenvalue weighted by atomic mass is 9.83. The Morgan fingerprint density at radius 3 is 2.00 bits per heavy atom. The number of esters is 2. The largest absolute Gasteiger partial charge is 0.495 e. The Morgan fingerprint density at radius 2 is 1.53 bits per heavy atom. The van der Waals surface area contributed by atoms with Gasteiger partial charge in [0.1, 0.15) is 11.5 Å². The summed E-state index contributed by atoms with van der Waals surface area (Å²) in [7, 11) is 4.09. The molecule has 0 amide bonds. The summed E-state index contributed by atoms with van der Waals surface area (Å²) in [6.07, 6.45) is 3.27. The molecular weight excluding hydrogens is 434 g/mol. The van der Waals surface area contributed by atoms with Gasteiger partial charge in [0.15, 0.2) is 0 Å². The Morgan fingerprint density at radius 1 is 0.938 bits per heavy atom. The van der Waals surface area contributed by atoms with E-state index in [2.05, 4.69) is 0 Å². The first-order chi connectivity index (χ1) is 15.4. The third kappa shape index (κ3) is 4.73. The molecule has 2 aromatic carbocycles. The van der Waals surface area contributed by atoms with Crippen molar-refractivity contribution in [1.29, 1.82) is 0 Å². The third-order valence-corrected chi connectivity index (χ3v) is 5.27. The van der Waals surface area contributed by atoms with Crippen LogP contribution in [0.2, 0.25) is 5.02 Å². The summed E-state index contributed by atoms with van der Waals surface area (Å²) in [6.45, 7) is 2.45.